The van der Waals surface area contributed by atoms with E-state index in [9.17, 15) is 24.0 Å². The number of nitrogens with one attached hydrogen (secondary N) is 3. The molecular weight excluding hydrogens is 741 g/mol. The molecule has 0 bridgehead atoms. The van der Waals surface area contributed by atoms with E-state index in [2.05, 4.69) is 16.0 Å². The third-order valence-corrected chi connectivity index (χ3v) is 9.32. The van der Waals surface area contributed by atoms with E-state index < -0.39 is 53.6 Å². The van der Waals surface area contributed by atoms with Gasteiger partial charge in [-0.05, 0) is 114 Å². The minimum Gasteiger partial charge on any atom is -0.494 e. The van der Waals surface area contributed by atoms with Crippen molar-refractivity contribution in [1.29, 1.82) is 0 Å². The Morgan fingerprint density at radius 2 is 1.45 bits per heavy atom. The van der Waals surface area contributed by atoms with E-state index in [4.69, 9.17) is 18.9 Å². The molecule has 4 amide bonds. The van der Waals surface area contributed by atoms with E-state index >= 15 is 0 Å². The van der Waals surface area contributed by atoms with Crippen LogP contribution in [-0.4, -0.2) is 77.9 Å². The normalized spacial score (nSPS) is 15.1. The van der Waals surface area contributed by atoms with Gasteiger partial charge in [-0.3, -0.25) is 14.4 Å². The van der Waals surface area contributed by atoms with Gasteiger partial charge in [0, 0.05) is 19.6 Å². The Labute approximate surface area is 342 Å². The van der Waals surface area contributed by atoms with E-state index in [0.717, 1.165) is 35.1 Å². The van der Waals surface area contributed by atoms with E-state index in [1.807, 2.05) is 94.4 Å². The van der Waals surface area contributed by atoms with Crippen molar-refractivity contribution in [3.05, 3.63) is 101 Å². The van der Waals surface area contributed by atoms with Crippen molar-refractivity contribution >= 4 is 30.0 Å². The lowest BCUT2D eigenvalue weighted by Gasteiger charge is -2.25. The maximum atomic E-state index is 13.9. The van der Waals surface area contributed by atoms with Gasteiger partial charge in [-0.15, -0.1) is 0 Å². The summed E-state index contributed by atoms with van der Waals surface area (Å²) in [6.07, 6.45) is 0.698. The molecule has 4 rings (SSSR count). The Hall–Kier alpha value is -5.59. The standard InChI is InChI=1S/C45H60N4O9/c1-31-18-20-36(55-25-23-33-22-24-49(29-33)43(54)58-45(5,6)7)26-35(31)28-46-40(51)37(21-19-32-14-10-8-11-15-32)47-41(52)38(27-39(50)57-44(2,3)4)48-42(53)56-30-34-16-12-9-13-17-34/h8-18,20,26,33,37-38H,19,21-25,27-30H2,1-7H3,(H,46,51)(H,47,52)(H,48,53)/t33?,37-,38-/m0/s1. The molecule has 3 atom stereocenters. The highest BCUT2D eigenvalue weighted by atomic mass is 16.6. The van der Waals surface area contributed by atoms with Crippen LogP contribution >= 0.6 is 0 Å². The van der Waals surface area contributed by atoms with Crippen LogP contribution in [0, 0.1) is 12.8 Å². The summed E-state index contributed by atoms with van der Waals surface area (Å²) >= 11 is 0. The molecule has 13 heteroatoms. The van der Waals surface area contributed by atoms with Gasteiger partial charge in [-0.25, -0.2) is 9.59 Å². The summed E-state index contributed by atoms with van der Waals surface area (Å²) in [5.74, 6) is -0.920. The summed E-state index contributed by atoms with van der Waals surface area (Å²) < 4.78 is 22.4. The first-order chi connectivity index (χ1) is 27.4. The molecular formula is C45H60N4O9. The fourth-order valence-corrected chi connectivity index (χ4v) is 6.30. The summed E-state index contributed by atoms with van der Waals surface area (Å²) in [5.41, 5.74) is 2.12. The highest BCUT2D eigenvalue weighted by molar-refractivity contribution is 5.93. The fourth-order valence-electron chi connectivity index (χ4n) is 6.30. The zero-order chi connectivity index (χ0) is 42.3. The SMILES string of the molecule is Cc1ccc(OCCC2CCN(C(=O)OC(C)(C)C)C2)cc1CNC(=O)[C@H](CCc1ccccc1)NC(=O)[C@H](CC(=O)OC(C)(C)C)NC(=O)OCc1ccccc1. The molecule has 0 spiro atoms. The number of ether oxygens (including phenoxy) is 4. The molecule has 13 nitrogen and oxygen atoms in total. The number of carbonyl (C=O) groups is 5. The summed E-state index contributed by atoms with van der Waals surface area (Å²) in [6.45, 7) is 14.5. The second-order valence-corrected chi connectivity index (χ2v) is 16.7. The smallest absolute Gasteiger partial charge is 0.410 e. The van der Waals surface area contributed by atoms with Gasteiger partial charge in [-0.2, -0.15) is 0 Å². The van der Waals surface area contributed by atoms with Crippen LogP contribution in [0.15, 0.2) is 78.9 Å². The third-order valence-electron chi connectivity index (χ3n) is 9.32. The van der Waals surface area contributed by atoms with Crippen LogP contribution in [0.5, 0.6) is 5.75 Å². The number of hydrogen-bond donors (Lipinski definition) is 3. The molecule has 314 valence electrons. The first-order valence-electron chi connectivity index (χ1n) is 20.0. The van der Waals surface area contributed by atoms with Crippen molar-refractivity contribution in [1.82, 2.24) is 20.9 Å². The van der Waals surface area contributed by atoms with E-state index in [0.29, 0.717) is 37.8 Å². The highest BCUT2D eigenvalue weighted by Gasteiger charge is 2.32. The number of likely N-dealkylation sites (tertiary alicyclic amines) is 1. The zero-order valence-electron chi connectivity index (χ0n) is 34.9. The molecule has 58 heavy (non-hydrogen) atoms. The second kappa shape index (κ2) is 21.2. The van der Waals surface area contributed by atoms with E-state index in [1.54, 1.807) is 37.8 Å². The number of benzene rings is 3. The summed E-state index contributed by atoms with van der Waals surface area (Å²) in [4.78, 5) is 67.7. The molecule has 3 aromatic carbocycles. The van der Waals surface area contributed by atoms with E-state index in [-0.39, 0.29) is 25.7 Å². The number of hydrogen-bond acceptors (Lipinski definition) is 9. The predicted octanol–water partition coefficient (Wildman–Crippen LogP) is 6.78. The van der Waals surface area contributed by atoms with Crippen molar-refractivity contribution < 1.29 is 42.9 Å². The first kappa shape index (κ1) is 45.1. The van der Waals surface area contributed by atoms with Gasteiger partial charge in [0.1, 0.15) is 35.6 Å². The van der Waals surface area contributed by atoms with Gasteiger partial charge in [-0.1, -0.05) is 66.7 Å². The molecule has 1 saturated heterocycles. The maximum absolute atomic E-state index is 13.9. The van der Waals surface area contributed by atoms with Crippen LogP contribution in [0.2, 0.25) is 0 Å². The number of rotatable bonds is 17. The molecule has 0 aromatic heterocycles. The lowest BCUT2D eigenvalue weighted by atomic mass is 10.0. The Morgan fingerprint density at radius 1 is 0.793 bits per heavy atom. The Morgan fingerprint density at radius 3 is 2.10 bits per heavy atom. The maximum Gasteiger partial charge on any atom is 0.410 e. The van der Waals surface area contributed by atoms with Crippen molar-refractivity contribution in [3.8, 4) is 5.75 Å². The van der Waals surface area contributed by atoms with Gasteiger partial charge in [0.05, 0.1) is 13.0 Å². The summed E-state index contributed by atoms with van der Waals surface area (Å²) in [7, 11) is 0. The van der Waals surface area contributed by atoms with Crippen molar-refractivity contribution in [2.45, 2.75) is 117 Å². The van der Waals surface area contributed by atoms with Gasteiger partial charge < -0.3 is 39.8 Å². The van der Waals surface area contributed by atoms with Gasteiger partial charge >= 0.3 is 18.2 Å². The lowest BCUT2D eigenvalue weighted by Crippen LogP contribution is -2.54. The average molecular weight is 801 g/mol. The molecule has 1 aliphatic heterocycles. The molecule has 0 aliphatic carbocycles. The quantitative estimate of drug-likeness (QED) is 0.0988. The summed E-state index contributed by atoms with van der Waals surface area (Å²) in [6, 6.07) is 21.9. The largest absolute Gasteiger partial charge is 0.494 e. The molecule has 3 N–H and O–H groups in total. The number of amides is 4. The van der Waals surface area contributed by atoms with Crippen LogP contribution in [0.4, 0.5) is 9.59 Å². The minimum atomic E-state index is -1.38. The Bertz CT molecular complexity index is 1820. The number of nitrogens with zero attached hydrogens (tertiary/aromatic N) is 1. The zero-order valence-corrected chi connectivity index (χ0v) is 34.9. The average Bonchev–Trinajstić information content (AvgIpc) is 3.64. The monoisotopic (exact) mass is 800 g/mol. The molecule has 1 fully saturated rings. The Kier molecular flexibility index (Phi) is 16.5. The Balaban J connectivity index is 1.39. The molecule has 1 unspecified atom stereocenters. The van der Waals surface area contributed by atoms with Crippen LogP contribution in [0.3, 0.4) is 0 Å². The number of carbonyl (C=O) groups excluding carboxylic acids is 5. The van der Waals surface area contributed by atoms with Gasteiger partial charge in [0.2, 0.25) is 11.8 Å². The molecule has 3 aromatic rings. The predicted molar refractivity (Wildman–Crippen MR) is 220 cm³/mol. The number of esters is 1. The van der Waals surface area contributed by atoms with Gasteiger partial charge in [0.15, 0.2) is 0 Å². The van der Waals surface area contributed by atoms with E-state index in [1.165, 1.54) is 0 Å². The second-order valence-electron chi connectivity index (χ2n) is 16.7. The third kappa shape index (κ3) is 16.1. The van der Waals surface area contributed by atoms with Crippen LogP contribution in [-0.2, 0) is 48.2 Å². The van der Waals surface area contributed by atoms with Crippen LogP contribution < -0.4 is 20.7 Å². The van der Waals surface area contributed by atoms with Crippen molar-refractivity contribution in [2.24, 2.45) is 5.92 Å². The fraction of sp³-hybridized carbons (Fsp3) is 0.489. The summed E-state index contributed by atoms with van der Waals surface area (Å²) in [5, 5.41) is 8.26. The lowest BCUT2D eigenvalue weighted by molar-refractivity contribution is -0.156. The minimum absolute atomic E-state index is 0.0453. The van der Waals surface area contributed by atoms with Crippen LogP contribution in [0.25, 0.3) is 0 Å². The topological polar surface area (TPSA) is 162 Å². The number of alkyl carbamates (subject to hydrolysis) is 1. The van der Waals surface area contributed by atoms with Crippen LogP contribution in [0.1, 0.15) is 89.5 Å². The molecule has 1 aliphatic rings. The molecule has 0 saturated carbocycles. The number of aryl methyl sites for hydroxylation is 2. The van der Waals surface area contributed by atoms with Crippen molar-refractivity contribution in [3.63, 3.8) is 0 Å². The molecule has 1 heterocycles. The first-order valence-corrected chi connectivity index (χ1v) is 20.0. The van der Waals surface area contributed by atoms with Crippen molar-refractivity contribution in [2.75, 3.05) is 19.7 Å². The highest BCUT2D eigenvalue weighted by Crippen LogP contribution is 2.24. The molecule has 0 radical (unpaired) electrons. The van der Waals surface area contributed by atoms with Gasteiger partial charge in [0.25, 0.3) is 0 Å².